The van der Waals surface area contributed by atoms with Crippen molar-refractivity contribution in [2.75, 3.05) is 13.6 Å². The first kappa shape index (κ1) is 13.0. The van der Waals surface area contributed by atoms with Crippen LogP contribution in [0.15, 0.2) is 4.99 Å². The second-order valence-electron chi connectivity index (χ2n) is 3.60. The molecule has 0 atom stereocenters. The summed E-state index contributed by atoms with van der Waals surface area (Å²) < 4.78 is 0. The summed E-state index contributed by atoms with van der Waals surface area (Å²) in [7, 11) is 1.78. The lowest BCUT2D eigenvalue weighted by Crippen LogP contribution is -2.37. The average Bonchev–Trinajstić information content (AvgIpc) is 2.59. The molecule has 0 aliphatic carbocycles. The first-order valence-electron chi connectivity index (χ1n) is 5.54. The molecule has 0 saturated heterocycles. The van der Waals surface area contributed by atoms with Crippen molar-refractivity contribution in [1.29, 1.82) is 0 Å². The van der Waals surface area contributed by atoms with E-state index in [1.54, 1.807) is 18.4 Å². The lowest BCUT2D eigenvalue weighted by atomic mass is 10.4. The van der Waals surface area contributed by atoms with Gasteiger partial charge in [-0.15, -0.1) is 11.3 Å². The normalized spacial score (nSPS) is 11.6. The zero-order chi connectivity index (χ0) is 12.0. The molecule has 1 rings (SSSR count). The molecule has 0 aromatic carbocycles. The average molecular weight is 240 g/mol. The number of thiazole rings is 1. The van der Waals surface area contributed by atoms with Crippen molar-refractivity contribution in [1.82, 2.24) is 15.6 Å². The van der Waals surface area contributed by atoms with E-state index in [1.165, 1.54) is 4.88 Å². The third-order valence-electron chi connectivity index (χ3n) is 2.25. The maximum Gasteiger partial charge on any atom is 0.191 e. The molecule has 4 nitrogen and oxygen atoms in total. The highest BCUT2D eigenvalue weighted by Gasteiger charge is 2.04. The Morgan fingerprint density at radius 1 is 1.38 bits per heavy atom. The number of aliphatic imine (C=N–C) groups is 1. The van der Waals surface area contributed by atoms with Crippen molar-refractivity contribution in [3.63, 3.8) is 0 Å². The van der Waals surface area contributed by atoms with Gasteiger partial charge in [-0.25, -0.2) is 4.98 Å². The van der Waals surface area contributed by atoms with Gasteiger partial charge in [0.1, 0.15) is 5.01 Å². The Morgan fingerprint density at radius 3 is 2.62 bits per heavy atom. The van der Waals surface area contributed by atoms with Gasteiger partial charge in [-0.2, -0.15) is 0 Å². The number of nitrogens with one attached hydrogen (secondary N) is 2. The third kappa shape index (κ3) is 3.81. The molecule has 0 fully saturated rings. The van der Waals surface area contributed by atoms with Crippen LogP contribution in [0, 0.1) is 13.8 Å². The molecular formula is C11H20N4S. The minimum atomic E-state index is 0.739. The molecule has 16 heavy (non-hydrogen) atoms. The van der Waals surface area contributed by atoms with E-state index in [-0.39, 0.29) is 0 Å². The summed E-state index contributed by atoms with van der Waals surface area (Å²) in [5.41, 5.74) is 1.12. The Bertz CT molecular complexity index is 337. The predicted octanol–water partition coefficient (Wildman–Crippen LogP) is 1.83. The van der Waals surface area contributed by atoms with Crippen LogP contribution in [-0.4, -0.2) is 24.5 Å². The number of guanidine groups is 1. The number of hydrogen-bond acceptors (Lipinski definition) is 3. The molecule has 0 amide bonds. The van der Waals surface area contributed by atoms with Crippen LogP contribution in [0.3, 0.4) is 0 Å². The quantitative estimate of drug-likeness (QED) is 0.623. The Balaban J connectivity index is 2.43. The number of aryl methyl sites for hydroxylation is 2. The van der Waals surface area contributed by atoms with Gasteiger partial charge in [0.15, 0.2) is 5.96 Å². The molecule has 0 saturated carbocycles. The lowest BCUT2D eigenvalue weighted by molar-refractivity contribution is 0.778. The highest BCUT2D eigenvalue weighted by atomic mass is 32.1. The molecule has 0 aliphatic heterocycles. The smallest absolute Gasteiger partial charge is 0.191 e. The number of rotatable bonds is 4. The number of nitrogens with zero attached hydrogens (tertiary/aromatic N) is 2. The van der Waals surface area contributed by atoms with Crippen molar-refractivity contribution in [3.05, 3.63) is 15.6 Å². The molecule has 1 aromatic rings. The highest BCUT2D eigenvalue weighted by molar-refractivity contribution is 7.11. The van der Waals surface area contributed by atoms with Crippen LogP contribution in [0.5, 0.6) is 0 Å². The first-order valence-corrected chi connectivity index (χ1v) is 6.36. The van der Waals surface area contributed by atoms with E-state index in [0.717, 1.165) is 36.2 Å². The van der Waals surface area contributed by atoms with Gasteiger partial charge >= 0.3 is 0 Å². The summed E-state index contributed by atoms with van der Waals surface area (Å²) in [6.07, 6.45) is 1.09. The summed E-state index contributed by atoms with van der Waals surface area (Å²) in [6.45, 7) is 7.95. The van der Waals surface area contributed by atoms with Gasteiger partial charge in [0.05, 0.1) is 12.2 Å². The maximum atomic E-state index is 4.47. The first-order chi connectivity index (χ1) is 7.67. The standard InChI is InChI=1S/C11H20N4S/c1-5-6-13-11(12-4)14-7-10-15-8(2)9(3)16-10/h5-7H2,1-4H3,(H2,12,13,14). The van der Waals surface area contributed by atoms with E-state index in [2.05, 4.69) is 34.5 Å². The van der Waals surface area contributed by atoms with Crippen LogP contribution < -0.4 is 10.6 Å². The van der Waals surface area contributed by atoms with Gasteiger partial charge in [0.2, 0.25) is 0 Å². The topological polar surface area (TPSA) is 49.3 Å². The summed E-state index contributed by atoms with van der Waals surface area (Å²) in [4.78, 5) is 9.90. The van der Waals surface area contributed by atoms with Crippen molar-refractivity contribution in [3.8, 4) is 0 Å². The van der Waals surface area contributed by atoms with Gasteiger partial charge in [0, 0.05) is 18.5 Å². The Labute approximate surface area is 101 Å². The number of aromatic nitrogens is 1. The minimum absolute atomic E-state index is 0.739. The van der Waals surface area contributed by atoms with Crippen molar-refractivity contribution < 1.29 is 0 Å². The van der Waals surface area contributed by atoms with Crippen LogP contribution >= 0.6 is 11.3 Å². The molecule has 0 bridgehead atoms. The minimum Gasteiger partial charge on any atom is -0.356 e. The summed E-state index contributed by atoms with van der Waals surface area (Å²) >= 11 is 1.73. The molecule has 90 valence electrons. The molecule has 1 aromatic heterocycles. The van der Waals surface area contributed by atoms with E-state index in [9.17, 15) is 0 Å². The predicted molar refractivity (Wildman–Crippen MR) is 70.1 cm³/mol. The second-order valence-corrected chi connectivity index (χ2v) is 4.89. The zero-order valence-corrected chi connectivity index (χ0v) is 11.2. The van der Waals surface area contributed by atoms with Gasteiger partial charge in [-0.05, 0) is 20.3 Å². The largest absolute Gasteiger partial charge is 0.356 e. The van der Waals surface area contributed by atoms with Crippen LogP contribution in [0.2, 0.25) is 0 Å². The zero-order valence-electron chi connectivity index (χ0n) is 10.4. The number of hydrogen-bond donors (Lipinski definition) is 2. The third-order valence-corrected chi connectivity index (χ3v) is 3.32. The fraction of sp³-hybridized carbons (Fsp3) is 0.636. The summed E-state index contributed by atoms with van der Waals surface area (Å²) in [6, 6.07) is 0. The Hall–Kier alpha value is -1.10. The highest BCUT2D eigenvalue weighted by Crippen LogP contribution is 2.15. The van der Waals surface area contributed by atoms with Gasteiger partial charge in [-0.3, -0.25) is 4.99 Å². The summed E-state index contributed by atoms with van der Waals surface area (Å²) in [5.74, 6) is 0.840. The molecule has 0 aliphatic rings. The van der Waals surface area contributed by atoms with Gasteiger partial charge in [-0.1, -0.05) is 6.92 Å². The van der Waals surface area contributed by atoms with Crippen molar-refractivity contribution in [2.24, 2.45) is 4.99 Å². The van der Waals surface area contributed by atoms with E-state index >= 15 is 0 Å². The van der Waals surface area contributed by atoms with Gasteiger partial charge < -0.3 is 10.6 Å². The van der Waals surface area contributed by atoms with E-state index in [0.29, 0.717) is 0 Å². The molecule has 0 unspecified atom stereocenters. The van der Waals surface area contributed by atoms with E-state index < -0.39 is 0 Å². The fourth-order valence-electron chi connectivity index (χ4n) is 1.24. The molecule has 5 heteroatoms. The van der Waals surface area contributed by atoms with Crippen molar-refractivity contribution in [2.45, 2.75) is 33.7 Å². The molecule has 0 spiro atoms. The van der Waals surface area contributed by atoms with Crippen LogP contribution in [0.4, 0.5) is 0 Å². The molecule has 2 N–H and O–H groups in total. The molecule has 0 radical (unpaired) electrons. The Morgan fingerprint density at radius 2 is 2.12 bits per heavy atom. The molecule has 1 heterocycles. The SMILES string of the molecule is CCCNC(=NC)NCc1nc(C)c(C)s1. The van der Waals surface area contributed by atoms with Gasteiger partial charge in [0.25, 0.3) is 0 Å². The monoisotopic (exact) mass is 240 g/mol. The summed E-state index contributed by atoms with van der Waals surface area (Å²) in [5, 5.41) is 7.58. The second kappa shape index (κ2) is 6.48. The van der Waals surface area contributed by atoms with E-state index in [1.807, 2.05) is 6.92 Å². The van der Waals surface area contributed by atoms with Crippen LogP contribution in [0.25, 0.3) is 0 Å². The van der Waals surface area contributed by atoms with Crippen LogP contribution in [-0.2, 0) is 6.54 Å². The lowest BCUT2D eigenvalue weighted by Gasteiger charge is -2.09. The maximum absolute atomic E-state index is 4.47. The van der Waals surface area contributed by atoms with Crippen LogP contribution in [0.1, 0.15) is 28.9 Å². The Kier molecular flexibility index (Phi) is 5.25. The molecular weight excluding hydrogens is 220 g/mol. The van der Waals surface area contributed by atoms with E-state index in [4.69, 9.17) is 0 Å². The van der Waals surface area contributed by atoms with Crippen molar-refractivity contribution >= 4 is 17.3 Å². The fourth-order valence-corrected chi connectivity index (χ4v) is 2.11.